The van der Waals surface area contributed by atoms with E-state index in [0.29, 0.717) is 6.10 Å². The molecule has 80 valence electrons. The molecule has 0 spiro atoms. The van der Waals surface area contributed by atoms with Crippen molar-refractivity contribution in [1.29, 1.82) is 0 Å². The fourth-order valence-corrected chi connectivity index (χ4v) is 2.27. The lowest BCUT2D eigenvalue weighted by molar-refractivity contribution is 0.0275. The molecule has 2 aliphatic rings. The lowest BCUT2D eigenvalue weighted by atomic mass is 9.85. The van der Waals surface area contributed by atoms with Crippen molar-refractivity contribution in [3.05, 3.63) is 12.2 Å². The second-order valence-electron chi connectivity index (χ2n) is 4.63. The van der Waals surface area contributed by atoms with Gasteiger partial charge in [-0.1, -0.05) is 19.1 Å². The number of hydrogen-bond donors (Lipinski definition) is 1. The van der Waals surface area contributed by atoms with Crippen LogP contribution in [-0.4, -0.2) is 25.8 Å². The molecule has 14 heavy (non-hydrogen) atoms. The smallest absolute Gasteiger partial charge is 0.0711 e. The average Bonchev–Trinajstić information content (AvgIpc) is 2.69. The monoisotopic (exact) mass is 195 g/mol. The largest absolute Gasteiger partial charge is 0.377 e. The number of hydrogen-bond acceptors (Lipinski definition) is 2. The van der Waals surface area contributed by atoms with E-state index >= 15 is 0 Å². The minimum atomic E-state index is 0.480. The highest BCUT2D eigenvalue weighted by Crippen LogP contribution is 2.25. The molecule has 0 saturated carbocycles. The summed E-state index contributed by atoms with van der Waals surface area (Å²) in [5.41, 5.74) is 0. The number of allylic oxidation sites excluding steroid dienone is 2. The van der Waals surface area contributed by atoms with E-state index in [2.05, 4.69) is 24.4 Å². The Kier molecular flexibility index (Phi) is 3.60. The van der Waals surface area contributed by atoms with Crippen LogP contribution in [0.3, 0.4) is 0 Å². The third-order valence-electron chi connectivity index (χ3n) is 3.48. The maximum Gasteiger partial charge on any atom is 0.0711 e. The van der Waals surface area contributed by atoms with Crippen molar-refractivity contribution >= 4 is 0 Å². The van der Waals surface area contributed by atoms with Crippen molar-refractivity contribution in [1.82, 2.24) is 5.32 Å². The summed E-state index contributed by atoms with van der Waals surface area (Å²) >= 11 is 0. The van der Waals surface area contributed by atoms with Gasteiger partial charge in [0.15, 0.2) is 0 Å². The molecule has 1 aliphatic heterocycles. The maximum absolute atomic E-state index is 5.92. The summed E-state index contributed by atoms with van der Waals surface area (Å²) < 4.78 is 5.92. The van der Waals surface area contributed by atoms with Crippen LogP contribution in [-0.2, 0) is 4.74 Å². The normalized spacial score (nSPS) is 37.6. The van der Waals surface area contributed by atoms with Crippen LogP contribution >= 0.6 is 0 Å². The van der Waals surface area contributed by atoms with E-state index in [1.807, 2.05) is 0 Å². The highest BCUT2D eigenvalue weighted by Gasteiger charge is 2.21. The van der Waals surface area contributed by atoms with Gasteiger partial charge in [0.1, 0.15) is 0 Å². The van der Waals surface area contributed by atoms with Gasteiger partial charge in [-0.15, -0.1) is 0 Å². The van der Waals surface area contributed by atoms with E-state index < -0.39 is 0 Å². The molecule has 0 aromatic rings. The molecule has 1 saturated heterocycles. The first-order valence-corrected chi connectivity index (χ1v) is 5.83. The lowest BCUT2D eigenvalue weighted by Gasteiger charge is -2.26. The molecule has 2 heteroatoms. The Bertz CT molecular complexity index is 196. The topological polar surface area (TPSA) is 21.3 Å². The zero-order valence-corrected chi connectivity index (χ0v) is 9.04. The second kappa shape index (κ2) is 4.94. The summed E-state index contributed by atoms with van der Waals surface area (Å²) in [5.74, 6) is 1.55. The molecule has 0 aromatic carbocycles. The highest BCUT2D eigenvalue weighted by molar-refractivity contribution is 4.93. The Balaban J connectivity index is 1.71. The standard InChI is InChI=1S/C12H21NO/c1-10-4-2-3-5-11(10)9-14-12-6-7-13-8-12/h2-3,10-13H,4-9H2,1H3. The molecule has 0 aromatic heterocycles. The van der Waals surface area contributed by atoms with Gasteiger partial charge in [-0.05, 0) is 37.6 Å². The summed E-state index contributed by atoms with van der Waals surface area (Å²) in [6.45, 7) is 5.48. The average molecular weight is 195 g/mol. The van der Waals surface area contributed by atoms with Crippen molar-refractivity contribution < 1.29 is 4.74 Å². The zero-order valence-electron chi connectivity index (χ0n) is 9.04. The molecule has 1 N–H and O–H groups in total. The second-order valence-corrected chi connectivity index (χ2v) is 4.63. The van der Waals surface area contributed by atoms with Crippen LogP contribution < -0.4 is 5.32 Å². The molecule has 0 amide bonds. The molecule has 3 atom stereocenters. The van der Waals surface area contributed by atoms with Crippen molar-refractivity contribution in [2.45, 2.75) is 32.3 Å². The quantitative estimate of drug-likeness (QED) is 0.695. The van der Waals surface area contributed by atoms with Gasteiger partial charge >= 0.3 is 0 Å². The van der Waals surface area contributed by atoms with Gasteiger partial charge in [0.2, 0.25) is 0 Å². The number of ether oxygens (including phenoxy) is 1. The van der Waals surface area contributed by atoms with E-state index in [-0.39, 0.29) is 0 Å². The van der Waals surface area contributed by atoms with Crippen molar-refractivity contribution in [3.63, 3.8) is 0 Å². The first-order chi connectivity index (χ1) is 6.86. The SMILES string of the molecule is CC1CC=CCC1COC1CCNC1. The molecule has 3 unspecified atom stereocenters. The molecule has 1 fully saturated rings. The summed E-state index contributed by atoms with van der Waals surface area (Å²) in [6.07, 6.45) is 8.72. The van der Waals surface area contributed by atoms with Gasteiger partial charge in [-0.3, -0.25) is 0 Å². The molecule has 0 bridgehead atoms. The molecule has 1 aliphatic carbocycles. The van der Waals surface area contributed by atoms with E-state index in [1.54, 1.807) is 0 Å². The van der Waals surface area contributed by atoms with Crippen LogP contribution in [0.1, 0.15) is 26.2 Å². The van der Waals surface area contributed by atoms with E-state index in [4.69, 9.17) is 4.74 Å². The molecular formula is C12H21NO. The predicted octanol–water partition coefficient (Wildman–Crippen LogP) is 1.97. The Morgan fingerprint density at radius 2 is 2.21 bits per heavy atom. The van der Waals surface area contributed by atoms with Gasteiger partial charge in [0, 0.05) is 6.54 Å². The summed E-state index contributed by atoms with van der Waals surface area (Å²) in [7, 11) is 0. The zero-order chi connectivity index (χ0) is 9.80. The molecule has 0 radical (unpaired) electrons. The van der Waals surface area contributed by atoms with E-state index in [1.165, 1.54) is 19.3 Å². The molecule has 2 rings (SSSR count). The Hall–Kier alpha value is -0.340. The Morgan fingerprint density at radius 1 is 1.36 bits per heavy atom. The fraction of sp³-hybridized carbons (Fsp3) is 0.833. The third kappa shape index (κ3) is 2.58. The van der Waals surface area contributed by atoms with Gasteiger partial charge in [-0.2, -0.15) is 0 Å². The first-order valence-electron chi connectivity index (χ1n) is 5.83. The van der Waals surface area contributed by atoms with Crippen molar-refractivity contribution in [2.24, 2.45) is 11.8 Å². The summed E-state index contributed by atoms with van der Waals surface area (Å²) in [4.78, 5) is 0. The van der Waals surface area contributed by atoms with Gasteiger partial charge in [0.25, 0.3) is 0 Å². The minimum Gasteiger partial charge on any atom is -0.377 e. The van der Waals surface area contributed by atoms with Gasteiger partial charge < -0.3 is 10.1 Å². The molecule has 2 nitrogen and oxygen atoms in total. The summed E-state index contributed by atoms with van der Waals surface area (Å²) in [6, 6.07) is 0. The highest BCUT2D eigenvalue weighted by atomic mass is 16.5. The van der Waals surface area contributed by atoms with Crippen molar-refractivity contribution in [2.75, 3.05) is 19.7 Å². The van der Waals surface area contributed by atoms with Crippen LogP contribution in [0.5, 0.6) is 0 Å². The Morgan fingerprint density at radius 3 is 2.93 bits per heavy atom. The summed E-state index contributed by atoms with van der Waals surface area (Å²) in [5, 5.41) is 3.33. The van der Waals surface area contributed by atoms with Crippen LogP contribution in [0.25, 0.3) is 0 Å². The predicted molar refractivity (Wildman–Crippen MR) is 58.3 cm³/mol. The lowest BCUT2D eigenvalue weighted by Crippen LogP contribution is -2.24. The van der Waals surface area contributed by atoms with Crippen molar-refractivity contribution in [3.8, 4) is 0 Å². The molecule has 1 heterocycles. The first kappa shape index (κ1) is 10.2. The van der Waals surface area contributed by atoms with Crippen LogP contribution in [0.4, 0.5) is 0 Å². The third-order valence-corrected chi connectivity index (χ3v) is 3.48. The van der Waals surface area contributed by atoms with E-state index in [0.717, 1.165) is 31.5 Å². The maximum atomic E-state index is 5.92. The minimum absolute atomic E-state index is 0.480. The van der Waals surface area contributed by atoms with Crippen LogP contribution in [0, 0.1) is 11.8 Å². The fourth-order valence-electron chi connectivity index (χ4n) is 2.27. The van der Waals surface area contributed by atoms with Crippen LogP contribution in [0.15, 0.2) is 12.2 Å². The molecular weight excluding hydrogens is 174 g/mol. The van der Waals surface area contributed by atoms with Crippen LogP contribution in [0.2, 0.25) is 0 Å². The van der Waals surface area contributed by atoms with Gasteiger partial charge in [-0.25, -0.2) is 0 Å². The van der Waals surface area contributed by atoms with E-state index in [9.17, 15) is 0 Å². The number of nitrogens with one attached hydrogen (secondary N) is 1. The van der Waals surface area contributed by atoms with Gasteiger partial charge in [0.05, 0.1) is 12.7 Å². The Labute approximate surface area is 86.7 Å². The number of rotatable bonds is 3.